The van der Waals surface area contributed by atoms with Gasteiger partial charge in [-0.15, -0.1) is 11.3 Å². The number of rotatable bonds is 4. The highest BCUT2D eigenvalue weighted by atomic mass is 32.1. The van der Waals surface area contributed by atoms with Crippen LogP contribution < -0.4 is 10.6 Å². The molecule has 0 atom stereocenters. The van der Waals surface area contributed by atoms with Crippen LogP contribution in [0.15, 0.2) is 60.0 Å². The van der Waals surface area contributed by atoms with E-state index in [-0.39, 0.29) is 11.8 Å². The highest BCUT2D eigenvalue weighted by Gasteiger charge is 2.10. The van der Waals surface area contributed by atoms with Crippen LogP contribution in [0.4, 0.5) is 11.4 Å². The first-order valence-corrected chi connectivity index (χ1v) is 8.75. The average Bonchev–Trinajstić information content (AvgIpc) is 3.14. The number of hydrogen-bond acceptors (Lipinski definition) is 3. The molecule has 25 heavy (non-hydrogen) atoms. The molecule has 126 valence electrons. The molecule has 4 nitrogen and oxygen atoms in total. The van der Waals surface area contributed by atoms with E-state index in [9.17, 15) is 9.59 Å². The van der Waals surface area contributed by atoms with Gasteiger partial charge in [0, 0.05) is 16.9 Å². The Balaban J connectivity index is 1.68. The van der Waals surface area contributed by atoms with Crippen LogP contribution in [-0.2, 0) is 0 Å². The molecule has 3 rings (SSSR count). The van der Waals surface area contributed by atoms with Crippen molar-refractivity contribution in [2.24, 2.45) is 0 Å². The maximum Gasteiger partial charge on any atom is 0.265 e. The Morgan fingerprint density at radius 2 is 1.60 bits per heavy atom. The predicted octanol–water partition coefficient (Wildman–Crippen LogP) is 4.87. The van der Waals surface area contributed by atoms with Crippen LogP contribution in [0.25, 0.3) is 0 Å². The molecular formula is C20H18N2O2S. The van der Waals surface area contributed by atoms with Crippen LogP contribution in [0.2, 0.25) is 0 Å². The first-order valence-electron chi connectivity index (χ1n) is 7.87. The minimum absolute atomic E-state index is 0.150. The number of hydrogen-bond donors (Lipinski definition) is 2. The van der Waals surface area contributed by atoms with E-state index in [0.717, 1.165) is 16.8 Å². The van der Waals surface area contributed by atoms with Gasteiger partial charge in [-0.1, -0.05) is 18.2 Å². The lowest BCUT2D eigenvalue weighted by atomic mass is 10.1. The monoisotopic (exact) mass is 350 g/mol. The number of anilines is 2. The van der Waals surface area contributed by atoms with Crippen molar-refractivity contribution in [3.05, 3.63) is 81.5 Å². The molecule has 0 aliphatic carbocycles. The van der Waals surface area contributed by atoms with E-state index in [0.29, 0.717) is 16.1 Å². The largest absolute Gasteiger partial charge is 0.322 e. The van der Waals surface area contributed by atoms with Crippen LogP contribution in [0.1, 0.15) is 31.2 Å². The molecule has 0 spiro atoms. The van der Waals surface area contributed by atoms with Crippen LogP contribution in [0, 0.1) is 13.8 Å². The number of aryl methyl sites for hydroxylation is 1. The Morgan fingerprint density at radius 3 is 2.28 bits per heavy atom. The second-order valence-corrected chi connectivity index (χ2v) is 6.66. The zero-order valence-corrected chi connectivity index (χ0v) is 14.8. The Labute approximate surface area is 150 Å². The van der Waals surface area contributed by atoms with Crippen LogP contribution in [0.3, 0.4) is 0 Å². The number of nitrogens with one attached hydrogen (secondary N) is 2. The first kappa shape index (κ1) is 16.9. The lowest BCUT2D eigenvalue weighted by molar-refractivity contribution is 0.102. The van der Waals surface area contributed by atoms with Crippen molar-refractivity contribution in [1.29, 1.82) is 0 Å². The molecule has 3 aromatic rings. The summed E-state index contributed by atoms with van der Waals surface area (Å²) in [5, 5.41) is 7.60. The van der Waals surface area contributed by atoms with E-state index < -0.39 is 0 Å². The molecule has 2 amide bonds. The lowest BCUT2D eigenvalue weighted by Gasteiger charge is -2.11. The van der Waals surface area contributed by atoms with Crippen LogP contribution in [-0.4, -0.2) is 11.8 Å². The van der Waals surface area contributed by atoms with Gasteiger partial charge in [0.2, 0.25) is 0 Å². The second-order valence-electron chi connectivity index (χ2n) is 5.71. The van der Waals surface area contributed by atoms with Gasteiger partial charge in [-0.25, -0.2) is 0 Å². The van der Waals surface area contributed by atoms with Gasteiger partial charge in [0.1, 0.15) is 0 Å². The summed E-state index contributed by atoms with van der Waals surface area (Å²) >= 11 is 1.39. The van der Waals surface area contributed by atoms with E-state index in [2.05, 4.69) is 10.6 Å². The van der Waals surface area contributed by atoms with Crippen molar-refractivity contribution in [2.75, 3.05) is 10.6 Å². The molecule has 0 saturated carbocycles. The van der Waals surface area contributed by atoms with E-state index in [1.54, 1.807) is 30.3 Å². The van der Waals surface area contributed by atoms with Gasteiger partial charge >= 0.3 is 0 Å². The predicted molar refractivity (Wildman–Crippen MR) is 103 cm³/mol. The van der Waals surface area contributed by atoms with Crippen LogP contribution in [0.5, 0.6) is 0 Å². The van der Waals surface area contributed by atoms with Crippen molar-refractivity contribution >= 4 is 34.5 Å². The standard InChI is InChI=1S/C20H18N2O2S/c1-13-5-3-6-17(14(13)2)22-19(23)15-8-10-16(11-9-15)21-20(24)18-7-4-12-25-18/h3-12H,1-2H3,(H,21,24)(H,22,23). The number of carbonyl (C=O) groups is 2. The van der Waals surface area contributed by atoms with E-state index in [1.165, 1.54) is 11.3 Å². The summed E-state index contributed by atoms with van der Waals surface area (Å²) in [4.78, 5) is 25.1. The van der Waals surface area contributed by atoms with Crippen molar-refractivity contribution in [1.82, 2.24) is 0 Å². The summed E-state index contributed by atoms with van der Waals surface area (Å²) in [5.74, 6) is -0.326. The highest BCUT2D eigenvalue weighted by Crippen LogP contribution is 2.20. The molecule has 0 radical (unpaired) electrons. The van der Waals surface area contributed by atoms with Crippen molar-refractivity contribution < 1.29 is 9.59 Å². The summed E-state index contributed by atoms with van der Waals surface area (Å²) < 4.78 is 0. The second kappa shape index (κ2) is 7.32. The topological polar surface area (TPSA) is 58.2 Å². The molecular weight excluding hydrogens is 332 g/mol. The molecule has 0 bridgehead atoms. The summed E-state index contributed by atoms with van der Waals surface area (Å²) in [6.07, 6.45) is 0. The molecule has 0 unspecified atom stereocenters. The molecule has 5 heteroatoms. The maximum atomic E-state index is 12.4. The minimum atomic E-state index is -0.176. The molecule has 1 heterocycles. The van der Waals surface area contributed by atoms with E-state index in [1.807, 2.05) is 43.5 Å². The summed E-state index contributed by atoms with van der Waals surface area (Å²) in [6.45, 7) is 3.99. The van der Waals surface area contributed by atoms with Crippen molar-refractivity contribution in [3.63, 3.8) is 0 Å². The van der Waals surface area contributed by atoms with Gasteiger partial charge in [-0.05, 0) is 66.8 Å². The number of amides is 2. The maximum absolute atomic E-state index is 12.4. The van der Waals surface area contributed by atoms with Gasteiger partial charge in [0.25, 0.3) is 11.8 Å². The van der Waals surface area contributed by atoms with Gasteiger partial charge in [-0.3, -0.25) is 9.59 Å². The van der Waals surface area contributed by atoms with E-state index in [4.69, 9.17) is 0 Å². The third-order valence-corrected chi connectivity index (χ3v) is 4.87. The Kier molecular flexibility index (Phi) is 4.95. The van der Waals surface area contributed by atoms with Crippen molar-refractivity contribution in [2.45, 2.75) is 13.8 Å². The minimum Gasteiger partial charge on any atom is -0.322 e. The Morgan fingerprint density at radius 1 is 0.840 bits per heavy atom. The zero-order chi connectivity index (χ0) is 17.8. The Bertz CT molecular complexity index is 900. The van der Waals surface area contributed by atoms with Gasteiger partial charge in [0.15, 0.2) is 0 Å². The quantitative estimate of drug-likeness (QED) is 0.705. The molecule has 1 aromatic heterocycles. The Hall–Kier alpha value is -2.92. The normalized spacial score (nSPS) is 10.3. The summed E-state index contributed by atoms with van der Waals surface area (Å²) in [5.41, 5.74) is 4.18. The zero-order valence-electron chi connectivity index (χ0n) is 14.0. The number of benzene rings is 2. The third-order valence-electron chi connectivity index (χ3n) is 4.00. The summed E-state index contributed by atoms with van der Waals surface area (Å²) in [7, 11) is 0. The molecule has 2 N–H and O–H groups in total. The molecule has 0 aliphatic heterocycles. The molecule has 2 aromatic carbocycles. The van der Waals surface area contributed by atoms with Crippen LogP contribution >= 0.6 is 11.3 Å². The molecule has 0 saturated heterocycles. The fraction of sp³-hybridized carbons (Fsp3) is 0.100. The smallest absolute Gasteiger partial charge is 0.265 e. The van der Waals surface area contributed by atoms with E-state index >= 15 is 0 Å². The van der Waals surface area contributed by atoms with Gasteiger partial charge < -0.3 is 10.6 Å². The highest BCUT2D eigenvalue weighted by molar-refractivity contribution is 7.12. The van der Waals surface area contributed by atoms with Crippen molar-refractivity contribution in [3.8, 4) is 0 Å². The number of carbonyl (C=O) groups excluding carboxylic acids is 2. The fourth-order valence-corrected chi connectivity index (χ4v) is 3.01. The SMILES string of the molecule is Cc1cccc(NC(=O)c2ccc(NC(=O)c3cccs3)cc2)c1C. The average molecular weight is 350 g/mol. The lowest BCUT2D eigenvalue weighted by Crippen LogP contribution is -2.14. The van der Waals surface area contributed by atoms with Gasteiger partial charge in [0.05, 0.1) is 4.88 Å². The number of thiophene rings is 1. The molecule has 0 aliphatic rings. The summed E-state index contributed by atoms with van der Waals surface area (Å²) in [6, 6.07) is 16.3. The van der Waals surface area contributed by atoms with Gasteiger partial charge in [-0.2, -0.15) is 0 Å². The molecule has 0 fully saturated rings. The fourth-order valence-electron chi connectivity index (χ4n) is 2.39. The third kappa shape index (κ3) is 3.95. The first-order chi connectivity index (χ1) is 12.0.